The van der Waals surface area contributed by atoms with Crippen molar-refractivity contribution >= 4 is 55.3 Å². The minimum Gasteiger partial charge on any atom is -0.443 e. The van der Waals surface area contributed by atoms with E-state index < -0.39 is 17.5 Å². The van der Waals surface area contributed by atoms with Crippen LogP contribution in [-0.2, 0) is 4.74 Å². The molecule has 5 rings (SSSR count). The smallest absolute Gasteiger partial charge is 0.414 e. The molecule has 2 aliphatic rings. The summed E-state index contributed by atoms with van der Waals surface area (Å²) in [5, 5.41) is 1.56. The number of amides is 1. The van der Waals surface area contributed by atoms with Crippen LogP contribution in [0, 0.1) is 11.7 Å². The Balaban J connectivity index is 1.64. The molecule has 2 fully saturated rings. The van der Waals surface area contributed by atoms with Crippen molar-refractivity contribution in [3.63, 3.8) is 0 Å². The van der Waals surface area contributed by atoms with Crippen LogP contribution < -0.4 is 9.80 Å². The minimum absolute atomic E-state index is 0.414. The summed E-state index contributed by atoms with van der Waals surface area (Å²) in [7, 11) is 3.78. The van der Waals surface area contributed by atoms with Gasteiger partial charge < -0.3 is 19.5 Å². The van der Waals surface area contributed by atoms with Crippen LogP contribution in [0.15, 0.2) is 22.8 Å². The van der Waals surface area contributed by atoms with Gasteiger partial charge in [-0.3, -0.25) is 4.90 Å². The van der Waals surface area contributed by atoms with E-state index in [9.17, 15) is 9.18 Å². The number of hydrogen-bond acceptors (Lipinski definition) is 5. The number of anilines is 2. The molecule has 1 N–H and O–H groups in total. The molecule has 176 valence electrons. The zero-order chi connectivity index (χ0) is 23.7. The van der Waals surface area contributed by atoms with E-state index >= 15 is 0 Å². The molecule has 0 bridgehead atoms. The number of halogens is 2. The molecule has 0 spiro atoms. The third-order valence-electron chi connectivity index (χ3n) is 6.77. The molecule has 9 heteroatoms. The normalized spacial score (nSPS) is 21.2. The van der Waals surface area contributed by atoms with Crippen LogP contribution >= 0.6 is 15.9 Å². The number of carbonyl (C=O) groups excluding carboxylic acids is 1. The Kier molecular flexibility index (Phi) is 5.32. The highest BCUT2D eigenvalue weighted by molar-refractivity contribution is 9.10. The highest BCUT2D eigenvalue weighted by atomic mass is 79.9. The number of likely N-dealkylation sites (N-methyl/N-ethyl adjacent to an activating group) is 1. The highest BCUT2D eigenvalue weighted by Crippen LogP contribution is 2.44. The van der Waals surface area contributed by atoms with E-state index in [0.29, 0.717) is 34.2 Å². The maximum atomic E-state index is 14.9. The second-order valence-corrected chi connectivity index (χ2v) is 11.0. The van der Waals surface area contributed by atoms with Crippen LogP contribution in [0.2, 0.25) is 0 Å². The lowest BCUT2D eigenvalue weighted by molar-refractivity contribution is 0.0589. The zero-order valence-corrected chi connectivity index (χ0v) is 21.2. The van der Waals surface area contributed by atoms with Gasteiger partial charge in [0.2, 0.25) is 0 Å². The number of H-pyrrole nitrogens is 1. The molecule has 0 aliphatic carbocycles. The Labute approximate surface area is 201 Å². The van der Waals surface area contributed by atoms with E-state index in [4.69, 9.17) is 4.74 Å². The predicted molar refractivity (Wildman–Crippen MR) is 133 cm³/mol. The first-order valence-electron chi connectivity index (χ1n) is 11.2. The lowest BCUT2D eigenvalue weighted by Crippen LogP contribution is -2.34. The first kappa shape index (κ1) is 22.4. The van der Waals surface area contributed by atoms with Crippen LogP contribution in [0.1, 0.15) is 27.2 Å². The van der Waals surface area contributed by atoms with Crippen LogP contribution in [0.3, 0.4) is 0 Å². The van der Waals surface area contributed by atoms with Crippen LogP contribution in [0.25, 0.3) is 21.9 Å². The lowest BCUT2D eigenvalue weighted by atomic mass is 10.1. The van der Waals surface area contributed by atoms with Gasteiger partial charge in [-0.15, -0.1) is 0 Å². The van der Waals surface area contributed by atoms with Gasteiger partial charge in [-0.05, 0) is 74.8 Å². The SMILES string of the molecule is CN(C(=O)OC(C)(C)C)c1cc(F)cc2c1[nH]c1ncc(Br)c(N3C[C@@H]4CCN(C)[C@@H]4C3)c12. The maximum Gasteiger partial charge on any atom is 0.414 e. The standard InChI is InChI=1S/C24H29BrFN5O2/c1-24(2,3)33-23(32)30(5)17-9-14(26)8-15-19-21(16(25)10-27-22(19)28-20(15)17)31-11-13-6-7-29(4)18(13)12-31/h8-10,13,18H,6-7,11-12H2,1-5H3,(H,27,28)/t13-,18+/m0/s1. The summed E-state index contributed by atoms with van der Waals surface area (Å²) >= 11 is 3.71. The largest absolute Gasteiger partial charge is 0.443 e. The van der Waals surface area contributed by atoms with Gasteiger partial charge in [0.25, 0.3) is 0 Å². The van der Waals surface area contributed by atoms with Gasteiger partial charge >= 0.3 is 6.09 Å². The molecule has 1 aromatic carbocycles. The summed E-state index contributed by atoms with van der Waals surface area (Å²) in [6.45, 7) is 8.43. The number of aromatic amines is 1. The van der Waals surface area contributed by atoms with Crippen molar-refractivity contribution in [1.29, 1.82) is 0 Å². The second-order valence-electron chi connectivity index (χ2n) is 10.2. The third-order valence-corrected chi connectivity index (χ3v) is 7.35. The number of nitrogens with one attached hydrogen (secondary N) is 1. The minimum atomic E-state index is -0.654. The van der Waals surface area contributed by atoms with Crippen LogP contribution in [0.5, 0.6) is 0 Å². The summed E-state index contributed by atoms with van der Waals surface area (Å²) in [6, 6.07) is 3.39. The Hall–Kier alpha value is -2.39. The number of rotatable bonds is 2. The number of fused-ring (bicyclic) bond motifs is 4. The van der Waals surface area contributed by atoms with Crippen molar-refractivity contribution in [2.24, 2.45) is 5.92 Å². The summed E-state index contributed by atoms with van der Waals surface area (Å²) in [5.41, 5.74) is 2.10. The fourth-order valence-electron chi connectivity index (χ4n) is 5.23. The van der Waals surface area contributed by atoms with Crippen molar-refractivity contribution in [1.82, 2.24) is 14.9 Å². The molecular formula is C24H29BrFN5O2. The highest BCUT2D eigenvalue weighted by Gasteiger charge is 2.40. The van der Waals surface area contributed by atoms with Crippen molar-refractivity contribution in [2.75, 3.05) is 43.5 Å². The summed E-state index contributed by atoms with van der Waals surface area (Å²) in [6.07, 6.45) is 2.44. The lowest BCUT2D eigenvalue weighted by Gasteiger charge is -2.25. The summed E-state index contributed by atoms with van der Waals surface area (Å²) in [5.74, 6) is 0.207. The molecule has 2 aromatic heterocycles. The van der Waals surface area contributed by atoms with Gasteiger partial charge in [0, 0.05) is 37.8 Å². The Bertz CT molecular complexity index is 1250. The summed E-state index contributed by atoms with van der Waals surface area (Å²) < 4.78 is 21.3. The molecular weight excluding hydrogens is 489 g/mol. The van der Waals surface area contributed by atoms with Gasteiger partial charge in [-0.1, -0.05) is 0 Å². The van der Waals surface area contributed by atoms with Crippen molar-refractivity contribution < 1.29 is 13.9 Å². The number of likely N-dealkylation sites (tertiary alicyclic amines) is 1. The third kappa shape index (κ3) is 3.85. The number of pyridine rings is 1. The van der Waals surface area contributed by atoms with E-state index in [-0.39, 0.29) is 0 Å². The topological polar surface area (TPSA) is 64.7 Å². The second kappa shape index (κ2) is 7.84. The molecule has 2 saturated heterocycles. The Morgan fingerprint density at radius 3 is 2.79 bits per heavy atom. The van der Waals surface area contributed by atoms with Crippen LogP contribution in [0.4, 0.5) is 20.6 Å². The van der Waals surface area contributed by atoms with Gasteiger partial charge in [0.15, 0.2) is 0 Å². The van der Waals surface area contributed by atoms with Gasteiger partial charge in [0.1, 0.15) is 17.1 Å². The monoisotopic (exact) mass is 517 g/mol. The van der Waals surface area contributed by atoms with E-state index in [0.717, 1.165) is 35.2 Å². The number of hydrogen-bond donors (Lipinski definition) is 1. The molecule has 3 aromatic rings. The zero-order valence-electron chi connectivity index (χ0n) is 19.6. The van der Waals surface area contributed by atoms with Crippen molar-refractivity contribution in [2.45, 2.75) is 38.8 Å². The average Bonchev–Trinajstić information content (AvgIpc) is 3.40. The molecule has 0 radical (unpaired) electrons. The number of ether oxygens (including phenoxy) is 1. The first-order chi connectivity index (χ1) is 15.5. The molecule has 33 heavy (non-hydrogen) atoms. The number of aromatic nitrogens is 2. The quantitative estimate of drug-likeness (QED) is 0.510. The Morgan fingerprint density at radius 2 is 2.09 bits per heavy atom. The number of nitrogens with zero attached hydrogens (tertiary/aromatic N) is 4. The van der Waals surface area contributed by atoms with Crippen LogP contribution in [-0.4, -0.2) is 66.3 Å². The molecule has 1 amide bonds. The Morgan fingerprint density at radius 1 is 1.33 bits per heavy atom. The van der Waals surface area contributed by atoms with Gasteiger partial charge in [-0.2, -0.15) is 0 Å². The van der Waals surface area contributed by atoms with E-state index in [1.807, 2.05) is 0 Å². The van der Waals surface area contributed by atoms with Gasteiger partial charge in [-0.25, -0.2) is 14.2 Å². The first-order valence-corrected chi connectivity index (χ1v) is 12.0. The molecule has 0 saturated carbocycles. The van der Waals surface area contributed by atoms with E-state index in [2.05, 4.69) is 42.7 Å². The van der Waals surface area contributed by atoms with E-state index in [1.165, 1.54) is 23.5 Å². The molecule has 0 unspecified atom stereocenters. The average molecular weight is 518 g/mol. The predicted octanol–water partition coefficient (Wildman–Crippen LogP) is 5.13. The van der Waals surface area contributed by atoms with Crippen molar-refractivity contribution in [3.05, 3.63) is 28.6 Å². The van der Waals surface area contributed by atoms with Crippen molar-refractivity contribution in [3.8, 4) is 0 Å². The maximum absolute atomic E-state index is 14.9. The van der Waals surface area contributed by atoms with E-state index in [1.54, 1.807) is 34.0 Å². The molecule has 2 atom stereocenters. The number of carbonyl (C=O) groups is 1. The summed E-state index contributed by atoms with van der Waals surface area (Å²) in [4.78, 5) is 26.8. The molecule has 7 nitrogen and oxygen atoms in total. The fourth-order valence-corrected chi connectivity index (χ4v) is 5.78. The fraction of sp³-hybridized carbons (Fsp3) is 0.500. The van der Waals surface area contributed by atoms with Gasteiger partial charge in [0.05, 0.1) is 26.8 Å². The number of benzene rings is 1. The molecule has 2 aliphatic heterocycles. The molecule has 4 heterocycles.